The number of aliphatic hydroxyl groups excluding tert-OH is 1. The summed E-state index contributed by atoms with van der Waals surface area (Å²) in [6, 6.07) is 19.5. The molecular formula is C24H26N2O3S. The van der Waals surface area contributed by atoms with Gasteiger partial charge in [-0.05, 0) is 55.8 Å². The van der Waals surface area contributed by atoms with Gasteiger partial charge in [0, 0.05) is 23.3 Å². The van der Waals surface area contributed by atoms with E-state index in [1.54, 1.807) is 6.92 Å². The van der Waals surface area contributed by atoms with Crippen LogP contribution in [0.5, 0.6) is 0 Å². The molecule has 5 nitrogen and oxygen atoms in total. The molecule has 0 bridgehead atoms. The van der Waals surface area contributed by atoms with E-state index in [0.29, 0.717) is 6.54 Å². The summed E-state index contributed by atoms with van der Waals surface area (Å²) in [5, 5.41) is 22.3. The molecule has 6 heteroatoms. The predicted octanol–water partition coefficient (Wildman–Crippen LogP) is 5.18. The first-order valence-electron chi connectivity index (χ1n) is 9.75. The summed E-state index contributed by atoms with van der Waals surface area (Å²) in [5.74, 6) is -0.820. The number of aryl methyl sites for hydroxylation is 1. The molecule has 30 heavy (non-hydrogen) atoms. The van der Waals surface area contributed by atoms with Crippen molar-refractivity contribution in [3.8, 4) is 0 Å². The minimum absolute atomic E-state index is 0.492. The number of nitrogens with one attached hydrogen (secondary N) is 1. The van der Waals surface area contributed by atoms with Gasteiger partial charge in [-0.3, -0.25) is 4.79 Å². The van der Waals surface area contributed by atoms with Gasteiger partial charge in [0.25, 0.3) is 0 Å². The highest BCUT2D eigenvalue weighted by Crippen LogP contribution is 2.25. The molecule has 0 radical (unpaired) electrons. The fourth-order valence-corrected chi connectivity index (χ4v) is 3.84. The van der Waals surface area contributed by atoms with E-state index in [9.17, 15) is 9.90 Å². The number of thioether (sulfide) groups is 1. The fraction of sp³-hybridized carbons (Fsp3) is 0.208. The minimum atomic E-state index is -0.820. The van der Waals surface area contributed by atoms with Gasteiger partial charge in [-0.1, -0.05) is 42.0 Å². The van der Waals surface area contributed by atoms with Crippen molar-refractivity contribution in [2.24, 2.45) is 0 Å². The second kappa shape index (κ2) is 10.2. The summed E-state index contributed by atoms with van der Waals surface area (Å²) in [7, 11) is 0. The fourth-order valence-electron chi connectivity index (χ4n) is 2.97. The van der Waals surface area contributed by atoms with Gasteiger partial charge in [-0.25, -0.2) is 0 Å². The highest BCUT2D eigenvalue weighted by Gasteiger charge is 2.13. The van der Waals surface area contributed by atoms with Crippen molar-refractivity contribution in [3.05, 3.63) is 89.8 Å². The molecule has 2 atom stereocenters. The number of aromatic nitrogens is 1. The lowest BCUT2D eigenvalue weighted by Crippen LogP contribution is -2.14. The summed E-state index contributed by atoms with van der Waals surface area (Å²) in [5.41, 5.74) is 3.81. The van der Waals surface area contributed by atoms with Crippen LogP contribution < -0.4 is 5.32 Å². The summed E-state index contributed by atoms with van der Waals surface area (Å²) in [6.07, 6.45) is 5.14. The molecule has 156 valence electrons. The van der Waals surface area contributed by atoms with E-state index in [-0.39, 0.29) is 0 Å². The molecule has 0 amide bonds. The van der Waals surface area contributed by atoms with Gasteiger partial charge in [-0.15, -0.1) is 11.8 Å². The lowest BCUT2D eigenvalue weighted by molar-refractivity contribution is -0.136. The third-order valence-corrected chi connectivity index (χ3v) is 5.71. The van der Waals surface area contributed by atoms with Crippen LogP contribution in [0.25, 0.3) is 6.08 Å². The van der Waals surface area contributed by atoms with Crippen LogP contribution in [-0.2, 0) is 11.3 Å². The molecule has 0 aliphatic carbocycles. The van der Waals surface area contributed by atoms with Crippen LogP contribution in [0.4, 0.5) is 5.69 Å². The Morgan fingerprint density at radius 3 is 2.67 bits per heavy atom. The molecule has 0 aliphatic heterocycles. The normalized spacial score (nSPS) is 13.3. The molecule has 0 aliphatic rings. The highest BCUT2D eigenvalue weighted by atomic mass is 32.2. The Kier molecular flexibility index (Phi) is 7.38. The van der Waals surface area contributed by atoms with E-state index in [1.807, 2.05) is 90.5 Å². The molecule has 0 saturated carbocycles. The van der Waals surface area contributed by atoms with Crippen LogP contribution in [0.1, 0.15) is 30.0 Å². The first-order valence-corrected chi connectivity index (χ1v) is 10.6. The van der Waals surface area contributed by atoms with Gasteiger partial charge in [-0.2, -0.15) is 0 Å². The van der Waals surface area contributed by atoms with E-state index in [1.165, 1.54) is 17.3 Å². The van der Waals surface area contributed by atoms with Crippen molar-refractivity contribution in [2.45, 2.75) is 36.8 Å². The maximum atomic E-state index is 11.0. The number of carbonyl (C=O) groups is 1. The summed E-state index contributed by atoms with van der Waals surface area (Å²) in [6.45, 7) is 4.32. The van der Waals surface area contributed by atoms with E-state index in [4.69, 9.17) is 5.11 Å². The zero-order valence-corrected chi connectivity index (χ0v) is 17.8. The number of hydrogen-bond donors (Lipinski definition) is 3. The van der Waals surface area contributed by atoms with E-state index >= 15 is 0 Å². The van der Waals surface area contributed by atoms with Crippen LogP contribution in [0.2, 0.25) is 0 Å². The molecule has 2 unspecified atom stereocenters. The average molecular weight is 423 g/mol. The maximum Gasteiger partial charge on any atom is 0.316 e. The number of allylic oxidation sites excluding steroid dienone is 1. The van der Waals surface area contributed by atoms with Crippen molar-refractivity contribution in [2.75, 3.05) is 5.32 Å². The molecular weight excluding hydrogens is 396 g/mol. The molecule has 0 spiro atoms. The second-order valence-electron chi connectivity index (χ2n) is 7.07. The van der Waals surface area contributed by atoms with E-state index < -0.39 is 17.4 Å². The number of rotatable bonds is 9. The molecule has 3 N–H and O–H groups in total. The average Bonchev–Trinajstić information content (AvgIpc) is 3.18. The standard InChI is InChI=1S/C24H26N2O3S/c1-17-10-12-20(13-11-17)25-23(27)22-9-5-15-26(22)14-4-7-19-6-3-8-21(16-19)30-18(2)24(28)29/h3-13,15-16,18,23,25,27H,14H2,1-2H3,(H,28,29)/b7-4+. The smallest absolute Gasteiger partial charge is 0.316 e. The Hall–Kier alpha value is -2.96. The van der Waals surface area contributed by atoms with Gasteiger partial charge in [0.2, 0.25) is 0 Å². The van der Waals surface area contributed by atoms with Gasteiger partial charge >= 0.3 is 5.97 Å². The first-order chi connectivity index (χ1) is 14.4. The van der Waals surface area contributed by atoms with Gasteiger partial charge < -0.3 is 20.1 Å². The zero-order valence-electron chi connectivity index (χ0n) is 17.0. The monoisotopic (exact) mass is 422 g/mol. The molecule has 3 rings (SSSR count). The van der Waals surface area contributed by atoms with Gasteiger partial charge in [0.1, 0.15) is 5.25 Å². The largest absolute Gasteiger partial charge is 0.480 e. The lowest BCUT2D eigenvalue weighted by Gasteiger charge is -2.16. The van der Waals surface area contributed by atoms with Gasteiger partial charge in [0.05, 0.1) is 5.69 Å². The number of carboxylic acids is 1. The Morgan fingerprint density at radius 1 is 1.17 bits per heavy atom. The number of carboxylic acid groups (broad SMARTS) is 1. The number of benzene rings is 2. The molecule has 1 aromatic heterocycles. The van der Waals surface area contributed by atoms with Crippen LogP contribution in [-0.4, -0.2) is 26.0 Å². The van der Waals surface area contributed by atoms with Crippen molar-refractivity contribution in [3.63, 3.8) is 0 Å². The molecule has 2 aromatic carbocycles. The third kappa shape index (κ3) is 6.02. The minimum Gasteiger partial charge on any atom is -0.480 e. The van der Waals surface area contributed by atoms with Crippen LogP contribution in [0.3, 0.4) is 0 Å². The van der Waals surface area contributed by atoms with Crippen molar-refractivity contribution in [1.29, 1.82) is 0 Å². The molecule has 0 fully saturated rings. The molecule has 3 aromatic rings. The highest BCUT2D eigenvalue weighted by molar-refractivity contribution is 8.00. The van der Waals surface area contributed by atoms with E-state index in [2.05, 4.69) is 5.32 Å². The van der Waals surface area contributed by atoms with Gasteiger partial charge in [0.15, 0.2) is 6.23 Å². The Bertz CT molecular complexity index is 1010. The van der Waals surface area contributed by atoms with Crippen molar-refractivity contribution >= 4 is 29.5 Å². The van der Waals surface area contributed by atoms with Crippen LogP contribution in [0.15, 0.2) is 77.8 Å². The Morgan fingerprint density at radius 2 is 1.93 bits per heavy atom. The Labute approximate surface area is 181 Å². The summed E-state index contributed by atoms with van der Waals surface area (Å²) < 4.78 is 1.98. The number of hydrogen-bond acceptors (Lipinski definition) is 4. The number of aliphatic carboxylic acids is 1. The zero-order chi connectivity index (χ0) is 21.5. The number of aliphatic hydroxyl groups is 1. The predicted molar refractivity (Wildman–Crippen MR) is 123 cm³/mol. The van der Waals surface area contributed by atoms with Crippen LogP contribution in [0, 0.1) is 6.92 Å². The quantitative estimate of drug-likeness (QED) is 0.327. The second-order valence-corrected chi connectivity index (χ2v) is 8.49. The topological polar surface area (TPSA) is 74.5 Å². The lowest BCUT2D eigenvalue weighted by atomic mass is 10.2. The first kappa shape index (κ1) is 21.7. The van der Waals surface area contributed by atoms with Crippen molar-refractivity contribution < 1.29 is 15.0 Å². The van der Waals surface area contributed by atoms with E-state index in [0.717, 1.165) is 21.8 Å². The summed E-state index contributed by atoms with van der Waals surface area (Å²) >= 11 is 1.33. The molecule has 0 saturated heterocycles. The maximum absolute atomic E-state index is 11.0. The number of nitrogens with zero attached hydrogens (tertiary/aromatic N) is 1. The third-order valence-electron chi connectivity index (χ3n) is 4.63. The Balaban J connectivity index is 1.63. The van der Waals surface area contributed by atoms with Crippen molar-refractivity contribution in [1.82, 2.24) is 4.57 Å². The number of anilines is 1. The van der Waals surface area contributed by atoms with Crippen LogP contribution >= 0.6 is 11.8 Å². The summed E-state index contributed by atoms with van der Waals surface area (Å²) in [4.78, 5) is 12.0. The SMILES string of the molecule is Cc1ccc(NC(O)c2cccn2C/C=C/c2cccc(SC(C)C(=O)O)c2)cc1. The molecule has 1 heterocycles.